The molecule has 2 aromatic carbocycles. The summed E-state index contributed by atoms with van der Waals surface area (Å²) >= 11 is 1.77. The minimum Gasteiger partial charge on any atom is -0.489 e. The fourth-order valence-corrected chi connectivity index (χ4v) is 4.21. The van der Waals surface area contributed by atoms with Gasteiger partial charge in [-0.05, 0) is 56.0 Å². The molecule has 0 aliphatic heterocycles. The van der Waals surface area contributed by atoms with Crippen molar-refractivity contribution in [3.8, 4) is 5.75 Å². The number of thiazole rings is 1. The highest BCUT2D eigenvalue weighted by molar-refractivity contribution is 7.22. The van der Waals surface area contributed by atoms with Crippen LogP contribution in [0.3, 0.4) is 0 Å². The molecule has 0 radical (unpaired) electrons. The van der Waals surface area contributed by atoms with Gasteiger partial charge in [-0.3, -0.25) is 0 Å². The molecule has 3 nitrogen and oxygen atoms in total. The zero-order chi connectivity index (χ0) is 19.8. The minimum absolute atomic E-state index is 0.522. The molecule has 1 aromatic heterocycles. The number of benzene rings is 2. The van der Waals surface area contributed by atoms with E-state index in [0.717, 1.165) is 47.9 Å². The van der Waals surface area contributed by atoms with Gasteiger partial charge in [0.15, 0.2) is 5.13 Å². The van der Waals surface area contributed by atoms with Crippen molar-refractivity contribution in [1.29, 1.82) is 0 Å². The molecule has 0 amide bonds. The van der Waals surface area contributed by atoms with Gasteiger partial charge >= 0.3 is 0 Å². The molecule has 0 unspecified atom stereocenters. The number of para-hydroxylation sites is 2. The standard InChI is InChI=1S/C24H28N2OS/c1-4-11-19(3)18-27-22-15-8-6-12-20(22)13-10-17-26(5-2)24-25-21-14-7-9-16-23(21)28-24/h4,6-9,11-12,14-16H,3,5,10,13,17-18H2,1-2H3/b11-4-. The second-order valence-corrected chi connectivity index (χ2v) is 7.71. The number of hydrogen-bond donors (Lipinski definition) is 0. The molecule has 0 saturated heterocycles. The molecule has 0 fully saturated rings. The summed E-state index contributed by atoms with van der Waals surface area (Å²) in [6.07, 6.45) is 6.01. The van der Waals surface area contributed by atoms with Gasteiger partial charge in [-0.1, -0.05) is 60.4 Å². The first-order valence-electron chi connectivity index (χ1n) is 9.83. The third kappa shape index (κ3) is 5.23. The zero-order valence-corrected chi connectivity index (χ0v) is 17.5. The van der Waals surface area contributed by atoms with Crippen molar-refractivity contribution in [2.24, 2.45) is 0 Å². The predicted octanol–water partition coefficient (Wildman–Crippen LogP) is 6.27. The molecule has 4 heteroatoms. The Bertz CT molecular complexity index is 911. The average Bonchev–Trinajstić information content (AvgIpc) is 3.14. The van der Waals surface area contributed by atoms with Gasteiger partial charge in [-0.25, -0.2) is 4.98 Å². The quantitative estimate of drug-likeness (QED) is 0.380. The lowest BCUT2D eigenvalue weighted by molar-refractivity contribution is 0.351. The maximum Gasteiger partial charge on any atom is 0.186 e. The first-order valence-corrected chi connectivity index (χ1v) is 10.6. The number of hydrogen-bond acceptors (Lipinski definition) is 4. The highest BCUT2D eigenvalue weighted by atomic mass is 32.1. The van der Waals surface area contributed by atoms with E-state index < -0.39 is 0 Å². The van der Waals surface area contributed by atoms with Crippen molar-refractivity contribution < 1.29 is 4.74 Å². The molecule has 3 aromatic rings. The smallest absolute Gasteiger partial charge is 0.186 e. The normalized spacial score (nSPS) is 11.2. The lowest BCUT2D eigenvalue weighted by Gasteiger charge is -2.20. The van der Waals surface area contributed by atoms with Gasteiger partial charge in [-0.15, -0.1) is 0 Å². The molecule has 0 saturated carbocycles. The van der Waals surface area contributed by atoms with Crippen molar-refractivity contribution in [3.63, 3.8) is 0 Å². The number of ether oxygens (including phenoxy) is 1. The third-order valence-electron chi connectivity index (χ3n) is 4.60. The molecule has 0 N–H and O–H groups in total. The van der Waals surface area contributed by atoms with Crippen LogP contribution in [0, 0.1) is 0 Å². The van der Waals surface area contributed by atoms with Gasteiger partial charge in [0.05, 0.1) is 10.2 Å². The van der Waals surface area contributed by atoms with E-state index in [-0.39, 0.29) is 0 Å². The van der Waals surface area contributed by atoms with E-state index in [0.29, 0.717) is 6.61 Å². The van der Waals surface area contributed by atoms with Crippen molar-refractivity contribution >= 4 is 26.7 Å². The van der Waals surface area contributed by atoms with Gasteiger partial charge in [0.1, 0.15) is 12.4 Å². The van der Waals surface area contributed by atoms with E-state index in [1.807, 2.05) is 37.3 Å². The topological polar surface area (TPSA) is 25.4 Å². The first-order chi connectivity index (χ1) is 13.7. The second kappa shape index (κ2) is 10.1. The number of nitrogens with zero attached hydrogens (tertiary/aromatic N) is 2. The van der Waals surface area contributed by atoms with Crippen LogP contribution in [0.25, 0.3) is 10.2 Å². The Morgan fingerprint density at radius 2 is 1.96 bits per heavy atom. The Morgan fingerprint density at radius 1 is 1.18 bits per heavy atom. The Kier molecular flexibility index (Phi) is 7.26. The van der Waals surface area contributed by atoms with Crippen LogP contribution in [0.2, 0.25) is 0 Å². The highest BCUT2D eigenvalue weighted by Gasteiger charge is 2.11. The number of rotatable bonds is 10. The van der Waals surface area contributed by atoms with Crippen molar-refractivity contribution in [2.45, 2.75) is 26.7 Å². The summed E-state index contributed by atoms with van der Waals surface area (Å²) in [6, 6.07) is 16.6. The summed E-state index contributed by atoms with van der Waals surface area (Å²) in [6.45, 7) is 10.7. The maximum atomic E-state index is 5.99. The van der Waals surface area contributed by atoms with Crippen LogP contribution in [-0.4, -0.2) is 24.7 Å². The van der Waals surface area contributed by atoms with E-state index in [1.54, 1.807) is 11.3 Å². The summed E-state index contributed by atoms with van der Waals surface area (Å²) in [4.78, 5) is 7.16. The lowest BCUT2D eigenvalue weighted by atomic mass is 10.1. The predicted molar refractivity (Wildman–Crippen MR) is 122 cm³/mol. The summed E-state index contributed by atoms with van der Waals surface area (Å²) in [7, 11) is 0. The van der Waals surface area contributed by atoms with Gasteiger partial charge in [-0.2, -0.15) is 0 Å². The van der Waals surface area contributed by atoms with Crippen LogP contribution < -0.4 is 9.64 Å². The van der Waals surface area contributed by atoms with Crippen LogP contribution in [0.4, 0.5) is 5.13 Å². The van der Waals surface area contributed by atoms with Gasteiger partial charge in [0.25, 0.3) is 0 Å². The van der Waals surface area contributed by atoms with Crippen molar-refractivity contribution in [2.75, 3.05) is 24.6 Å². The molecule has 0 bridgehead atoms. The van der Waals surface area contributed by atoms with E-state index in [1.165, 1.54) is 10.3 Å². The molecule has 0 spiro atoms. The number of fused-ring (bicyclic) bond motifs is 1. The van der Waals surface area contributed by atoms with Crippen LogP contribution in [0.15, 0.2) is 72.8 Å². The molecule has 1 heterocycles. The maximum absolute atomic E-state index is 5.99. The van der Waals surface area contributed by atoms with Gasteiger partial charge < -0.3 is 9.64 Å². The minimum atomic E-state index is 0.522. The number of anilines is 1. The van der Waals surface area contributed by atoms with E-state index in [2.05, 4.69) is 48.7 Å². The largest absolute Gasteiger partial charge is 0.489 e. The van der Waals surface area contributed by atoms with E-state index >= 15 is 0 Å². The first kappa shape index (κ1) is 20.2. The molecule has 0 atom stereocenters. The van der Waals surface area contributed by atoms with E-state index in [4.69, 9.17) is 9.72 Å². The molecule has 3 rings (SSSR count). The third-order valence-corrected chi connectivity index (χ3v) is 5.69. The fourth-order valence-electron chi connectivity index (χ4n) is 3.15. The summed E-state index contributed by atoms with van der Waals surface area (Å²) in [5, 5.41) is 1.11. The van der Waals surface area contributed by atoms with Gasteiger partial charge in [0.2, 0.25) is 0 Å². The van der Waals surface area contributed by atoms with Crippen LogP contribution in [-0.2, 0) is 6.42 Å². The Labute approximate surface area is 172 Å². The van der Waals surface area contributed by atoms with Crippen LogP contribution >= 0.6 is 11.3 Å². The zero-order valence-electron chi connectivity index (χ0n) is 16.7. The SMILES string of the molecule is C=C(/C=C\C)COc1ccccc1CCCN(CC)c1nc2ccccc2s1. The Hall–Kier alpha value is -2.59. The number of aryl methyl sites for hydroxylation is 1. The summed E-state index contributed by atoms with van der Waals surface area (Å²) < 4.78 is 7.23. The molecular formula is C24H28N2OS. The molecule has 28 heavy (non-hydrogen) atoms. The van der Waals surface area contributed by atoms with Crippen molar-refractivity contribution in [3.05, 3.63) is 78.4 Å². The molecule has 0 aliphatic carbocycles. The van der Waals surface area contributed by atoms with E-state index in [9.17, 15) is 0 Å². The van der Waals surface area contributed by atoms with Crippen LogP contribution in [0.5, 0.6) is 5.75 Å². The highest BCUT2D eigenvalue weighted by Crippen LogP contribution is 2.29. The Morgan fingerprint density at radius 3 is 2.75 bits per heavy atom. The molecule has 146 valence electrons. The summed E-state index contributed by atoms with van der Waals surface area (Å²) in [5.74, 6) is 0.955. The summed E-state index contributed by atoms with van der Waals surface area (Å²) in [5.41, 5.74) is 3.31. The van der Waals surface area contributed by atoms with Crippen LogP contribution in [0.1, 0.15) is 25.8 Å². The monoisotopic (exact) mass is 392 g/mol. The second-order valence-electron chi connectivity index (χ2n) is 6.70. The van der Waals surface area contributed by atoms with Crippen molar-refractivity contribution in [1.82, 2.24) is 4.98 Å². The Balaban J connectivity index is 1.59. The molecule has 0 aliphatic rings. The molecular weight excluding hydrogens is 364 g/mol. The fraction of sp³-hybridized carbons (Fsp3) is 0.292. The average molecular weight is 393 g/mol. The lowest BCUT2D eigenvalue weighted by Crippen LogP contribution is -2.24. The number of allylic oxidation sites excluding steroid dienone is 1. The number of aromatic nitrogens is 1. The van der Waals surface area contributed by atoms with Gasteiger partial charge in [0, 0.05) is 13.1 Å².